The third-order valence-electron chi connectivity index (χ3n) is 4.88. The summed E-state index contributed by atoms with van der Waals surface area (Å²) in [4.78, 5) is 11.4. The first kappa shape index (κ1) is 29.0. The molecule has 1 aromatic heterocycles. The summed E-state index contributed by atoms with van der Waals surface area (Å²) in [5.41, 5.74) is 2.39. The Bertz CT molecular complexity index is 1570. The van der Waals surface area contributed by atoms with Crippen LogP contribution in [0, 0.1) is 12.3 Å². The molecule has 12 nitrogen and oxygen atoms in total. The van der Waals surface area contributed by atoms with Crippen molar-refractivity contribution in [2.75, 3.05) is 9.73 Å². The van der Waals surface area contributed by atoms with Crippen LogP contribution in [-0.2, 0) is 17.5 Å². The van der Waals surface area contributed by atoms with Crippen molar-refractivity contribution in [3.05, 3.63) is 76.2 Å². The number of nitrogens with one attached hydrogen (secondary N) is 2. The maximum atomic E-state index is 12.6. The van der Waals surface area contributed by atoms with Crippen molar-refractivity contribution in [1.82, 2.24) is 5.16 Å². The number of hydrogen-bond acceptors (Lipinski definition) is 12. The summed E-state index contributed by atoms with van der Waals surface area (Å²) in [6.07, 6.45) is 0. The molecule has 1 aliphatic heterocycles. The van der Waals surface area contributed by atoms with Crippen LogP contribution in [0.3, 0.4) is 0 Å². The van der Waals surface area contributed by atoms with E-state index in [1.54, 1.807) is 13.8 Å². The maximum absolute atomic E-state index is 12.6. The van der Waals surface area contributed by atoms with E-state index in [0.29, 0.717) is 27.0 Å². The number of aromatic nitrogens is 1. The van der Waals surface area contributed by atoms with Gasteiger partial charge in [-0.15, -0.1) is 0 Å². The van der Waals surface area contributed by atoms with E-state index in [-0.39, 0.29) is 22.5 Å². The molecule has 0 amide bonds. The number of rotatable bonds is 10. The molecular weight excluding hydrogens is 758 g/mol. The summed E-state index contributed by atoms with van der Waals surface area (Å²) in [5.74, 6) is 0.404. The second kappa shape index (κ2) is 12.9. The number of sulfonamides is 1. The van der Waals surface area contributed by atoms with E-state index >= 15 is 0 Å². The van der Waals surface area contributed by atoms with Crippen molar-refractivity contribution in [3.63, 3.8) is 0 Å². The number of anilines is 2. The van der Waals surface area contributed by atoms with Gasteiger partial charge in [0.2, 0.25) is 0 Å². The molecule has 2 radical (unpaired) electrons. The number of carbonyl (C=O) groups excluding carboxylic acids is 1. The first-order chi connectivity index (χ1) is 18.6. The van der Waals surface area contributed by atoms with Crippen molar-refractivity contribution < 1.29 is 20.4 Å². The Kier molecular flexibility index (Phi) is 9.57. The van der Waals surface area contributed by atoms with Crippen molar-refractivity contribution in [2.45, 2.75) is 25.7 Å². The molecule has 0 aliphatic carbocycles. The van der Waals surface area contributed by atoms with Crippen molar-refractivity contribution in [1.29, 1.82) is 5.41 Å². The molecule has 39 heavy (non-hydrogen) atoms. The second-order valence-electron chi connectivity index (χ2n) is 7.82. The Balaban J connectivity index is 1.51. The Hall–Kier alpha value is -3.03. The third kappa shape index (κ3) is 7.55. The third-order valence-corrected chi connectivity index (χ3v) is 15.0. The number of hydrazone groups is 1. The minimum absolute atomic E-state index is 0.0233. The van der Waals surface area contributed by atoms with Gasteiger partial charge in [-0.1, -0.05) is 5.16 Å². The molecule has 2 heterocycles. The number of benzene rings is 2. The van der Waals surface area contributed by atoms with E-state index in [1.807, 2.05) is 30.3 Å². The van der Waals surface area contributed by atoms with Gasteiger partial charge in [0.05, 0.1) is 0 Å². The van der Waals surface area contributed by atoms with Crippen LogP contribution in [0.1, 0.15) is 19.6 Å². The van der Waals surface area contributed by atoms with Gasteiger partial charge in [0.25, 0.3) is 0 Å². The Morgan fingerprint density at radius 2 is 1.87 bits per heavy atom. The van der Waals surface area contributed by atoms with Crippen LogP contribution in [0.25, 0.3) is 0 Å². The minimum atomic E-state index is -3.86. The van der Waals surface area contributed by atoms with Crippen LogP contribution in [-0.4, -0.2) is 54.3 Å². The van der Waals surface area contributed by atoms with Gasteiger partial charge in [-0.05, 0) is 6.92 Å². The van der Waals surface area contributed by atoms with Crippen LogP contribution in [0.4, 0.5) is 17.2 Å². The molecule has 0 bridgehead atoms. The predicted octanol–water partition coefficient (Wildman–Crippen LogP) is 5.43. The van der Waals surface area contributed by atoms with Gasteiger partial charge in [0, 0.05) is 6.07 Å². The van der Waals surface area contributed by atoms with Gasteiger partial charge in [0.15, 0.2) is 0 Å². The van der Waals surface area contributed by atoms with Crippen LogP contribution in [0.2, 0.25) is 0 Å². The Morgan fingerprint density at radius 3 is 2.51 bits per heavy atom. The molecule has 2 N–H and O–H groups in total. The second-order valence-corrected chi connectivity index (χ2v) is 16.4. The molecule has 16 heteroatoms. The molecule has 0 unspecified atom stereocenters. The number of para-hydroxylation sites is 1. The van der Waals surface area contributed by atoms with Crippen molar-refractivity contribution in [3.8, 4) is 0 Å². The van der Waals surface area contributed by atoms with E-state index < -0.39 is 33.2 Å². The summed E-state index contributed by atoms with van der Waals surface area (Å²) >= 11 is -0.849. The van der Waals surface area contributed by atoms with E-state index in [4.69, 9.17) is 12.6 Å². The normalized spacial score (nSPS) is 15.0. The molecular formula is C23H21N7O5PbS3. The Labute approximate surface area is 244 Å². The fraction of sp³-hybridized carbons (Fsp3) is 0.130. The molecule has 1 aliphatic rings. The molecule has 4 rings (SSSR count). The first-order valence-corrected chi connectivity index (χ1v) is 20.5. The molecule has 0 atom stereocenters. The summed E-state index contributed by atoms with van der Waals surface area (Å²) < 4.78 is 42.5. The molecule has 0 fully saturated rings. The predicted molar refractivity (Wildman–Crippen MR) is 152 cm³/mol. The van der Waals surface area contributed by atoms with Crippen LogP contribution < -0.4 is 9.73 Å². The average Bonchev–Trinajstić information content (AvgIpc) is 3.44. The van der Waals surface area contributed by atoms with Crippen molar-refractivity contribution in [2.24, 2.45) is 14.7 Å². The van der Waals surface area contributed by atoms with E-state index in [9.17, 15) is 13.2 Å². The van der Waals surface area contributed by atoms with Gasteiger partial charge in [0.1, 0.15) is 5.76 Å². The summed E-state index contributed by atoms with van der Waals surface area (Å²) in [6, 6.07) is 16.7. The quantitative estimate of drug-likeness (QED) is 0.155. The van der Waals surface area contributed by atoms with Crippen LogP contribution in [0.15, 0.2) is 94.6 Å². The summed E-state index contributed by atoms with van der Waals surface area (Å²) in [5, 5.41) is 22.6. The van der Waals surface area contributed by atoms with Crippen LogP contribution in [0.5, 0.6) is 0 Å². The van der Waals surface area contributed by atoms with Gasteiger partial charge in [-0.25, -0.2) is 0 Å². The molecule has 0 saturated heterocycles. The zero-order valence-electron chi connectivity index (χ0n) is 20.8. The van der Waals surface area contributed by atoms with Crippen molar-refractivity contribution >= 4 is 88.2 Å². The van der Waals surface area contributed by atoms with Gasteiger partial charge >= 0.3 is 217 Å². The standard InChI is InChI=1S/C21H19N7O3S3.C2H4O2.Pb/c1-13-12-18(25-31-13)26-34(29,30)17-10-8-15(9-11-17)23-27-33-21(32)19-14(2)24-28(20(19)22)16-6-4-3-5-7-16;1-2(3)4;/h3-12,22,32H,1-2H3,(H,25,26);1H3,(H,3,4);/q;;+2/p-2/b21-19-,22-20?,27-23?;;. The average molecular weight is 779 g/mol. The van der Waals surface area contributed by atoms with E-state index in [2.05, 4.69) is 24.6 Å². The van der Waals surface area contributed by atoms with E-state index in [1.165, 1.54) is 50.6 Å². The fourth-order valence-corrected chi connectivity index (χ4v) is 11.7. The van der Waals surface area contributed by atoms with Gasteiger partial charge in [-0.3, -0.25) is 0 Å². The number of hydrogen-bond donors (Lipinski definition) is 2. The monoisotopic (exact) mass is 779 g/mol. The molecule has 0 spiro atoms. The summed E-state index contributed by atoms with van der Waals surface area (Å²) in [7, 11) is -2.47. The Morgan fingerprint density at radius 1 is 1.15 bits per heavy atom. The number of carbonyl (C=O) groups is 1. The molecule has 2 aromatic carbocycles. The number of nitrogens with zero attached hydrogens (tertiary/aromatic N) is 5. The SMILES string of the molecule is CC(=O)[O][Pb][S]/C(SN=Nc1ccc(S(=O)(=O)Nc2cc(C)on2)cc1)=C1/C(=N)N(c2ccccc2)N=C1C. The fourth-order valence-electron chi connectivity index (χ4n) is 3.17. The van der Waals surface area contributed by atoms with Crippen LogP contribution >= 0.6 is 20.3 Å². The topological polar surface area (TPSA) is 163 Å². The van der Waals surface area contributed by atoms with Gasteiger partial charge in [-0.2, -0.15) is 0 Å². The molecule has 3 aromatic rings. The summed E-state index contributed by atoms with van der Waals surface area (Å²) in [6.45, 7) is 4.82. The molecule has 0 saturated carbocycles. The number of aryl methyl sites for hydroxylation is 1. The van der Waals surface area contributed by atoms with Gasteiger partial charge < -0.3 is 4.52 Å². The number of amidine groups is 1. The zero-order chi connectivity index (χ0) is 28.0. The van der Waals surface area contributed by atoms with E-state index in [0.717, 1.165) is 17.6 Å². The molecule has 200 valence electrons. The zero-order valence-corrected chi connectivity index (χ0v) is 27.1. The first-order valence-electron chi connectivity index (χ1n) is 11.1.